The molecular weight excluding hydrogens is 250 g/mol. The van der Waals surface area contributed by atoms with Crippen LogP contribution in [0.25, 0.3) is 0 Å². The van der Waals surface area contributed by atoms with Gasteiger partial charge in [0.1, 0.15) is 0 Å². The quantitative estimate of drug-likeness (QED) is 0.855. The van der Waals surface area contributed by atoms with Crippen LogP contribution in [-0.2, 0) is 0 Å². The van der Waals surface area contributed by atoms with Crippen LogP contribution >= 0.6 is 11.6 Å². The molecule has 1 N–H and O–H groups in total. The molecule has 1 fully saturated rings. The molecule has 0 radical (unpaired) electrons. The van der Waals surface area contributed by atoms with E-state index in [2.05, 4.69) is 11.8 Å². The van der Waals surface area contributed by atoms with Crippen LogP contribution in [0, 0.1) is 5.92 Å². The number of carbonyl (C=O) groups is 1. The van der Waals surface area contributed by atoms with Crippen molar-refractivity contribution in [2.45, 2.75) is 26.2 Å². The van der Waals surface area contributed by atoms with Gasteiger partial charge in [0.25, 0.3) is 0 Å². The summed E-state index contributed by atoms with van der Waals surface area (Å²) in [6.07, 6.45) is 3.53. The Hall–Kier alpha value is -1.22. The van der Waals surface area contributed by atoms with Gasteiger partial charge in [-0.05, 0) is 43.4 Å². The predicted molar refractivity (Wildman–Crippen MR) is 73.6 cm³/mol. The maximum Gasteiger partial charge on any atom is 0.337 e. The van der Waals surface area contributed by atoms with Crippen molar-refractivity contribution in [2.24, 2.45) is 5.92 Å². The molecular formula is C14H18ClNO2. The molecule has 0 aromatic heterocycles. The van der Waals surface area contributed by atoms with Gasteiger partial charge in [0.05, 0.1) is 11.3 Å². The van der Waals surface area contributed by atoms with Crippen molar-refractivity contribution in [1.29, 1.82) is 0 Å². The summed E-state index contributed by atoms with van der Waals surface area (Å²) in [6, 6.07) is 5.12. The minimum atomic E-state index is -0.913. The van der Waals surface area contributed by atoms with E-state index in [1.165, 1.54) is 18.9 Å². The number of rotatable bonds is 6. The van der Waals surface area contributed by atoms with Crippen molar-refractivity contribution in [3.8, 4) is 0 Å². The second-order valence-corrected chi connectivity index (χ2v) is 5.29. The highest BCUT2D eigenvalue weighted by atomic mass is 35.5. The van der Waals surface area contributed by atoms with Gasteiger partial charge in [-0.3, -0.25) is 0 Å². The molecule has 4 heteroatoms. The molecule has 2 rings (SSSR count). The first kappa shape index (κ1) is 13.2. The fourth-order valence-electron chi connectivity index (χ4n) is 2.15. The molecule has 98 valence electrons. The first-order valence-corrected chi connectivity index (χ1v) is 6.77. The summed E-state index contributed by atoms with van der Waals surface area (Å²) in [7, 11) is 0. The zero-order chi connectivity index (χ0) is 13.1. The van der Waals surface area contributed by atoms with Crippen molar-refractivity contribution in [2.75, 3.05) is 18.0 Å². The van der Waals surface area contributed by atoms with E-state index in [0.717, 1.165) is 31.1 Å². The average Bonchev–Trinajstić information content (AvgIpc) is 3.12. The van der Waals surface area contributed by atoms with E-state index in [1.807, 2.05) is 6.07 Å². The lowest BCUT2D eigenvalue weighted by Gasteiger charge is -2.26. The number of aromatic carboxylic acids is 1. The number of benzene rings is 1. The molecule has 1 aliphatic carbocycles. The molecule has 1 saturated carbocycles. The van der Waals surface area contributed by atoms with Gasteiger partial charge in [-0.15, -0.1) is 0 Å². The van der Waals surface area contributed by atoms with E-state index in [1.54, 1.807) is 6.07 Å². The molecule has 1 aromatic carbocycles. The third kappa shape index (κ3) is 3.16. The third-order valence-corrected chi connectivity index (χ3v) is 3.43. The molecule has 0 atom stereocenters. The fourth-order valence-corrected chi connectivity index (χ4v) is 2.32. The summed E-state index contributed by atoms with van der Waals surface area (Å²) in [5.74, 6) is -0.182. The van der Waals surface area contributed by atoms with Gasteiger partial charge < -0.3 is 10.0 Å². The lowest BCUT2D eigenvalue weighted by atomic mass is 10.1. The van der Waals surface area contributed by atoms with Gasteiger partial charge in [0.15, 0.2) is 0 Å². The first-order valence-electron chi connectivity index (χ1n) is 6.39. The zero-order valence-corrected chi connectivity index (χ0v) is 11.3. The number of carboxylic acid groups (broad SMARTS) is 1. The first-order chi connectivity index (χ1) is 8.61. The molecule has 3 nitrogen and oxygen atoms in total. The summed E-state index contributed by atoms with van der Waals surface area (Å²) in [6.45, 7) is 3.95. The SMILES string of the molecule is CCCN(CC1CC1)c1ccc(Cl)cc1C(=O)O. The van der Waals surface area contributed by atoms with Crippen molar-refractivity contribution < 1.29 is 9.90 Å². The van der Waals surface area contributed by atoms with Gasteiger partial charge in [-0.25, -0.2) is 4.79 Å². The van der Waals surface area contributed by atoms with Gasteiger partial charge in [-0.2, -0.15) is 0 Å². The zero-order valence-electron chi connectivity index (χ0n) is 10.5. The second-order valence-electron chi connectivity index (χ2n) is 4.86. The second kappa shape index (κ2) is 5.61. The Morgan fingerprint density at radius 1 is 1.50 bits per heavy atom. The molecule has 0 bridgehead atoms. The third-order valence-electron chi connectivity index (χ3n) is 3.20. The molecule has 0 amide bonds. The lowest BCUT2D eigenvalue weighted by molar-refractivity contribution is 0.0697. The van der Waals surface area contributed by atoms with E-state index in [4.69, 9.17) is 11.6 Å². The Bertz CT molecular complexity index is 443. The number of carboxylic acids is 1. The highest BCUT2D eigenvalue weighted by Gasteiger charge is 2.26. The number of anilines is 1. The Labute approximate surface area is 112 Å². The maximum absolute atomic E-state index is 11.3. The fraction of sp³-hybridized carbons (Fsp3) is 0.500. The van der Waals surface area contributed by atoms with Crippen LogP contribution in [0.2, 0.25) is 5.02 Å². The summed E-state index contributed by atoms with van der Waals surface area (Å²) < 4.78 is 0. The number of hydrogen-bond donors (Lipinski definition) is 1. The van der Waals surface area contributed by atoms with Crippen LogP contribution in [-0.4, -0.2) is 24.2 Å². The molecule has 0 unspecified atom stereocenters. The normalized spacial score (nSPS) is 14.6. The standard InChI is InChI=1S/C14H18ClNO2/c1-2-7-16(9-10-3-4-10)13-6-5-11(15)8-12(13)14(17)18/h5-6,8,10H,2-4,7,9H2,1H3,(H,17,18). The monoisotopic (exact) mass is 267 g/mol. The highest BCUT2D eigenvalue weighted by molar-refractivity contribution is 6.31. The van der Waals surface area contributed by atoms with Gasteiger partial charge in [-0.1, -0.05) is 18.5 Å². The summed E-state index contributed by atoms with van der Waals surface area (Å²) in [5, 5.41) is 9.74. The molecule has 1 aliphatic rings. The molecule has 0 aliphatic heterocycles. The van der Waals surface area contributed by atoms with Crippen molar-refractivity contribution in [1.82, 2.24) is 0 Å². The van der Waals surface area contributed by atoms with Gasteiger partial charge in [0, 0.05) is 18.1 Å². The molecule has 1 aromatic rings. The Morgan fingerprint density at radius 2 is 2.22 bits per heavy atom. The van der Waals surface area contributed by atoms with E-state index in [0.29, 0.717) is 10.6 Å². The van der Waals surface area contributed by atoms with E-state index in [-0.39, 0.29) is 0 Å². The van der Waals surface area contributed by atoms with E-state index in [9.17, 15) is 9.90 Å². The summed E-state index contributed by atoms with van der Waals surface area (Å²) >= 11 is 5.88. The summed E-state index contributed by atoms with van der Waals surface area (Å²) in [4.78, 5) is 13.5. The molecule has 18 heavy (non-hydrogen) atoms. The Kier molecular flexibility index (Phi) is 4.12. The van der Waals surface area contributed by atoms with Gasteiger partial charge >= 0.3 is 5.97 Å². The minimum Gasteiger partial charge on any atom is -0.478 e. The number of halogens is 1. The lowest BCUT2D eigenvalue weighted by Crippen LogP contribution is -2.28. The van der Waals surface area contributed by atoms with Gasteiger partial charge in [0.2, 0.25) is 0 Å². The van der Waals surface area contributed by atoms with Crippen molar-refractivity contribution >= 4 is 23.3 Å². The average molecular weight is 268 g/mol. The maximum atomic E-state index is 11.3. The van der Waals surface area contributed by atoms with Crippen LogP contribution in [0.3, 0.4) is 0 Å². The van der Waals surface area contributed by atoms with E-state index >= 15 is 0 Å². The number of hydrogen-bond acceptors (Lipinski definition) is 2. The summed E-state index contributed by atoms with van der Waals surface area (Å²) in [5.41, 5.74) is 1.09. The van der Waals surface area contributed by atoms with Crippen molar-refractivity contribution in [3.63, 3.8) is 0 Å². The largest absolute Gasteiger partial charge is 0.478 e. The predicted octanol–water partition coefficient (Wildman–Crippen LogP) is 3.66. The Morgan fingerprint density at radius 3 is 2.78 bits per heavy atom. The topological polar surface area (TPSA) is 40.5 Å². The smallest absolute Gasteiger partial charge is 0.337 e. The van der Waals surface area contributed by atoms with Crippen LogP contribution in [0.15, 0.2) is 18.2 Å². The molecule has 0 heterocycles. The van der Waals surface area contributed by atoms with Crippen LogP contribution in [0.1, 0.15) is 36.5 Å². The van der Waals surface area contributed by atoms with Crippen LogP contribution < -0.4 is 4.90 Å². The van der Waals surface area contributed by atoms with Crippen molar-refractivity contribution in [3.05, 3.63) is 28.8 Å². The molecule has 0 spiro atoms. The van der Waals surface area contributed by atoms with Crippen LogP contribution in [0.5, 0.6) is 0 Å². The van der Waals surface area contributed by atoms with E-state index < -0.39 is 5.97 Å². The molecule has 0 saturated heterocycles. The highest BCUT2D eigenvalue weighted by Crippen LogP contribution is 2.33. The number of nitrogens with zero attached hydrogens (tertiary/aromatic N) is 1. The Balaban J connectivity index is 2.29. The van der Waals surface area contributed by atoms with Crippen LogP contribution in [0.4, 0.5) is 5.69 Å². The minimum absolute atomic E-state index is 0.302.